The van der Waals surface area contributed by atoms with E-state index in [0.29, 0.717) is 17.5 Å². The lowest BCUT2D eigenvalue weighted by molar-refractivity contribution is -0.117. The van der Waals surface area contributed by atoms with Crippen molar-refractivity contribution in [2.45, 2.75) is 12.8 Å². The van der Waals surface area contributed by atoms with Crippen LogP contribution in [-0.2, 0) is 24.7 Å². The van der Waals surface area contributed by atoms with Crippen molar-refractivity contribution >= 4 is 27.3 Å². The Morgan fingerprint density at radius 2 is 1.50 bits per heavy atom. The first-order valence-corrected chi connectivity index (χ1v) is 8.57. The second-order valence-electron chi connectivity index (χ2n) is 6.45. The molecule has 0 aliphatic heterocycles. The van der Waals surface area contributed by atoms with E-state index < -0.39 is 0 Å². The number of hydrogen-bond acceptors (Lipinski definition) is 3. The minimum atomic E-state index is -0.147. The standard InChI is InChI=1S/C22H18N2O2/c1-24-22(26)20-12-5-4-11-19(20)21(23-24)14-17(25)13-16-9-6-8-15-7-2-3-10-18(15)16/h2-12H,13-14H2,1H3. The number of benzene rings is 3. The van der Waals surface area contributed by atoms with Crippen molar-refractivity contribution in [3.05, 3.63) is 88.3 Å². The fourth-order valence-electron chi connectivity index (χ4n) is 3.41. The molecule has 4 aromatic rings. The predicted molar refractivity (Wildman–Crippen MR) is 103 cm³/mol. The molecule has 0 fully saturated rings. The first kappa shape index (κ1) is 16.2. The largest absolute Gasteiger partial charge is 0.299 e. The number of fused-ring (bicyclic) bond motifs is 2. The smallest absolute Gasteiger partial charge is 0.274 e. The number of Topliss-reactive ketones (excluding diaryl/α,β-unsaturated/α-hetero) is 1. The highest BCUT2D eigenvalue weighted by molar-refractivity contribution is 5.93. The normalized spacial score (nSPS) is 11.1. The van der Waals surface area contributed by atoms with E-state index in [1.807, 2.05) is 60.7 Å². The molecule has 0 amide bonds. The van der Waals surface area contributed by atoms with Crippen LogP contribution in [0.25, 0.3) is 21.5 Å². The van der Waals surface area contributed by atoms with Crippen molar-refractivity contribution in [2.24, 2.45) is 7.05 Å². The number of aryl methyl sites for hydroxylation is 1. The molecule has 0 atom stereocenters. The molecule has 0 saturated heterocycles. The molecule has 1 heterocycles. The topological polar surface area (TPSA) is 52.0 Å². The number of rotatable bonds is 4. The SMILES string of the molecule is Cn1nc(CC(=O)Cc2cccc3ccccc23)c2ccccc2c1=O. The molecule has 3 aromatic carbocycles. The number of carbonyl (C=O) groups excluding carboxylic acids is 1. The molecule has 128 valence electrons. The number of carbonyl (C=O) groups is 1. The summed E-state index contributed by atoms with van der Waals surface area (Å²) in [4.78, 5) is 25.0. The van der Waals surface area contributed by atoms with Crippen molar-refractivity contribution in [2.75, 3.05) is 0 Å². The predicted octanol–water partition coefficient (Wildman–Crippen LogP) is 3.44. The number of hydrogen-bond donors (Lipinski definition) is 0. The van der Waals surface area contributed by atoms with Gasteiger partial charge in [0.15, 0.2) is 0 Å². The Kier molecular flexibility index (Phi) is 4.09. The lowest BCUT2D eigenvalue weighted by Crippen LogP contribution is -2.22. The van der Waals surface area contributed by atoms with E-state index in [9.17, 15) is 9.59 Å². The van der Waals surface area contributed by atoms with Gasteiger partial charge in [-0.3, -0.25) is 9.59 Å². The molecule has 0 aliphatic carbocycles. The van der Waals surface area contributed by atoms with Gasteiger partial charge < -0.3 is 0 Å². The van der Waals surface area contributed by atoms with Gasteiger partial charge in [0.1, 0.15) is 5.78 Å². The Balaban J connectivity index is 1.68. The Bertz CT molecular complexity index is 1190. The maximum atomic E-state index is 12.7. The molecule has 0 aliphatic rings. The van der Waals surface area contributed by atoms with Gasteiger partial charge in [-0.1, -0.05) is 60.7 Å². The molecule has 26 heavy (non-hydrogen) atoms. The highest BCUT2D eigenvalue weighted by Gasteiger charge is 2.13. The van der Waals surface area contributed by atoms with Crippen LogP contribution in [0, 0.1) is 0 Å². The van der Waals surface area contributed by atoms with Crippen LogP contribution < -0.4 is 5.56 Å². The summed E-state index contributed by atoms with van der Waals surface area (Å²) in [5.41, 5.74) is 1.51. The molecule has 4 heteroatoms. The highest BCUT2D eigenvalue weighted by Crippen LogP contribution is 2.20. The van der Waals surface area contributed by atoms with E-state index in [0.717, 1.165) is 21.7 Å². The highest BCUT2D eigenvalue weighted by atomic mass is 16.1. The molecule has 1 aromatic heterocycles. The summed E-state index contributed by atoms with van der Waals surface area (Å²) < 4.78 is 1.31. The molecular weight excluding hydrogens is 324 g/mol. The molecule has 0 N–H and O–H groups in total. The third-order valence-electron chi connectivity index (χ3n) is 4.67. The molecule has 0 spiro atoms. The molecule has 0 bridgehead atoms. The Hall–Kier alpha value is -3.27. The first-order chi connectivity index (χ1) is 12.6. The Labute approximate surface area is 150 Å². The zero-order valence-electron chi connectivity index (χ0n) is 14.5. The van der Waals surface area contributed by atoms with E-state index in [2.05, 4.69) is 5.10 Å². The monoisotopic (exact) mass is 342 g/mol. The van der Waals surface area contributed by atoms with Gasteiger partial charge in [-0.2, -0.15) is 5.10 Å². The second kappa shape index (κ2) is 6.56. The summed E-state index contributed by atoms with van der Waals surface area (Å²) in [7, 11) is 1.62. The summed E-state index contributed by atoms with van der Waals surface area (Å²) in [6, 6.07) is 21.4. The Morgan fingerprint density at radius 3 is 2.31 bits per heavy atom. The maximum Gasteiger partial charge on any atom is 0.274 e. The minimum absolute atomic E-state index is 0.0812. The molecule has 4 rings (SSSR count). The van der Waals surface area contributed by atoms with E-state index >= 15 is 0 Å². The van der Waals surface area contributed by atoms with Gasteiger partial charge in [0.2, 0.25) is 0 Å². The van der Waals surface area contributed by atoms with E-state index in [1.165, 1.54) is 4.68 Å². The molecule has 0 saturated carbocycles. The van der Waals surface area contributed by atoms with Crippen LogP contribution in [0.3, 0.4) is 0 Å². The van der Waals surface area contributed by atoms with Crippen molar-refractivity contribution in [1.29, 1.82) is 0 Å². The van der Waals surface area contributed by atoms with Crippen molar-refractivity contribution < 1.29 is 4.79 Å². The lowest BCUT2D eigenvalue weighted by Gasteiger charge is -2.09. The number of aromatic nitrogens is 2. The fraction of sp³-hybridized carbons (Fsp3) is 0.136. The summed E-state index contributed by atoms with van der Waals surface area (Å²) in [5.74, 6) is 0.0812. The third kappa shape index (κ3) is 2.90. The van der Waals surface area contributed by atoms with E-state index in [1.54, 1.807) is 13.1 Å². The third-order valence-corrected chi connectivity index (χ3v) is 4.67. The minimum Gasteiger partial charge on any atom is -0.299 e. The van der Waals surface area contributed by atoms with Gasteiger partial charge in [-0.15, -0.1) is 0 Å². The maximum absolute atomic E-state index is 12.7. The fourth-order valence-corrected chi connectivity index (χ4v) is 3.41. The van der Waals surface area contributed by atoms with Crippen LogP contribution in [0.2, 0.25) is 0 Å². The van der Waals surface area contributed by atoms with Crippen LogP contribution in [0.1, 0.15) is 11.3 Å². The molecule has 0 unspecified atom stereocenters. The van der Waals surface area contributed by atoms with E-state index in [-0.39, 0.29) is 17.8 Å². The Morgan fingerprint density at radius 1 is 0.846 bits per heavy atom. The van der Waals surface area contributed by atoms with Crippen LogP contribution >= 0.6 is 0 Å². The molecule has 4 nitrogen and oxygen atoms in total. The van der Waals surface area contributed by atoms with E-state index in [4.69, 9.17) is 0 Å². The van der Waals surface area contributed by atoms with Gasteiger partial charge in [0.25, 0.3) is 5.56 Å². The number of nitrogens with zero attached hydrogens (tertiary/aromatic N) is 2. The van der Waals surface area contributed by atoms with Crippen molar-refractivity contribution in [3.63, 3.8) is 0 Å². The van der Waals surface area contributed by atoms with Gasteiger partial charge >= 0.3 is 0 Å². The lowest BCUT2D eigenvalue weighted by atomic mass is 9.98. The van der Waals surface area contributed by atoms with Crippen molar-refractivity contribution in [3.8, 4) is 0 Å². The average molecular weight is 342 g/mol. The number of ketones is 1. The van der Waals surface area contributed by atoms with Gasteiger partial charge in [0, 0.05) is 18.9 Å². The van der Waals surface area contributed by atoms with Crippen molar-refractivity contribution in [1.82, 2.24) is 9.78 Å². The summed E-state index contributed by atoms with van der Waals surface area (Å²) in [6.45, 7) is 0. The summed E-state index contributed by atoms with van der Waals surface area (Å²) in [6.07, 6.45) is 0.554. The second-order valence-corrected chi connectivity index (χ2v) is 6.45. The average Bonchev–Trinajstić information content (AvgIpc) is 2.66. The zero-order chi connectivity index (χ0) is 18.1. The van der Waals surface area contributed by atoms with Gasteiger partial charge in [-0.05, 0) is 22.4 Å². The van der Waals surface area contributed by atoms with Gasteiger partial charge in [0.05, 0.1) is 17.5 Å². The van der Waals surface area contributed by atoms with Crippen LogP contribution in [0.4, 0.5) is 0 Å². The van der Waals surface area contributed by atoms with Crippen LogP contribution in [0.5, 0.6) is 0 Å². The molecular formula is C22H18N2O2. The summed E-state index contributed by atoms with van der Waals surface area (Å²) >= 11 is 0. The van der Waals surface area contributed by atoms with Crippen LogP contribution in [0.15, 0.2) is 71.5 Å². The quantitative estimate of drug-likeness (QED) is 0.571. The first-order valence-electron chi connectivity index (χ1n) is 8.57. The summed E-state index contributed by atoms with van der Waals surface area (Å²) in [5, 5.41) is 7.90. The van der Waals surface area contributed by atoms with Crippen LogP contribution in [-0.4, -0.2) is 15.6 Å². The van der Waals surface area contributed by atoms with Gasteiger partial charge in [-0.25, -0.2) is 4.68 Å². The zero-order valence-corrected chi connectivity index (χ0v) is 14.5. The molecule has 0 radical (unpaired) electrons.